The lowest BCUT2D eigenvalue weighted by Gasteiger charge is -2.23. The minimum absolute atomic E-state index is 0.238. The summed E-state index contributed by atoms with van der Waals surface area (Å²) in [5.41, 5.74) is 3.01. The molecule has 0 N–H and O–H groups in total. The zero-order valence-electron chi connectivity index (χ0n) is 11.9. The molecule has 0 spiro atoms. The number of pyridine rings is 1. The van der Waals surface area contributed by atoms with Crippen molar-refractivity contribution in [2.75, 3.05) is 0 Å². The quantitative estimate of drug-likeness (QED) is 0.842. The zero-order valence-corrected chi connectivity index (χ0v) is 12.7. The fourth-order valence-corrected chi connectivity index (χ4v) is 2.74. The SMILES string of the molecule is CC(C)c1c(-c2cncc(Cl)c2)nn2c1O[C@H](C)CC2. The molecule has 0 bridgehead atoms. The van der Waals surface area contributed by atoms with E-state index in [0.29, 0.717) is 10.9 Å². The van der Waals surface area contributed by atoms with Gasteiger partial charge in [-0.1, -0.05) is 25.4 Å². The smallest absolute Gasteiger partial charge is 0.216 e. The summed E-state index contributed by atoms with van der Waals surface area (Å²) in [6.07, 6.45) is 4.66. The summed E-state index contributed by atoms with van der Waals surface area (Å²) in [6.45, 7) is 7.30. The normalized spacial score (nSPS) is 17.9. The van der Waals surface area contributed by atoms with Crippen LogP contribution in [-0.2, 0) is 6.54 Å². The first-order chi connectivity index (χ1) is 9.56. The van der Waals surface area contributed by atoms with Gasteiger partial charge in [0.05, 0.1) is 11.1 Å². The van der Waals surface area contributed by atoms with E-state index in [1.54, 1.807) is 12.4 Å². The van der Waals surface area contributed by atoms with Crippen LogP contribution in [0, 0.1) is 0 Å². The van der Waals surface area contributed by atoms with Gasteiger partial charge in [0.15, 0.2) is 0 Å². The highest BCUT2D eigenvalue weighted by Crippen LogP contribution is 2.38. The summed E-state index contributed by atoms with van der Waals surface area (Å²) in [6, 6.07) is 1.90. The lowest BCUT2D eigenvalue weighted by atomic mass is 9.99. The molecule has 3 heterocycles. The number of hydrogen-bond acceptors (Lipinski definition) is 3. The number of aryl methyl sites for hydroxylation is 1. The molecule has 0 unspecified atom stereocenters. The van der Waals surface area contributed by atoms with E-state index in [9.17, 15) is 0 Å². The number of ether oxygens (including phenoxy) is 1. The van der Waals surface area contributed by atoms with E-state index in [2.05, 4.69) is 25.8 Å². The fraction of sp³-hybridized carbons (Fsp3) is 0.467. The number of fused-ring (bicyclic) bond motifs is 1. The molecule has 1 aliphatic rings. The van der Waals surface area contributed by atoms with Gasteiger partial charge in [-0.15, -0.1) is 0 Å². The standard InChI is InChI=1S/C15H18ClN3O/c1-9(2)13-14(11-6-12(16)8-17-7-11)18-19-5-4-10(3)20-15(13)19/h6-10H,4-5H2,1-3H3/t10-/m1/s1. The average molecular weight is 292 g/mol. The van der Waals surface area contributed by atoms with Gasteiger partial charge in [0.2, 0.25) is 5.88 Å². The van der Waals surface area contributed by atoms with Gasteiger partial charge in [0.1, 0.15) is 5.69 Å². The van der Waals surface area contributed by atoms with Crippen LogP contribution >= 0.6 is 11.6 Å². The summed E-state index contributed by atoms with van der Waals surface area (Å²) >= 11 is 6.05. The van der Waals surface area contributed by atoms with Crippen LogP contribution in [0.4, 0.5) is 0 Å². The third kappa shape index (κ3) is 2.29. The molecule has 3 rings (SSSR count). The maximum atomic E-state index is 6.05. The van der Waals surface area contributed by atoms with Crippen molar-refractivity contribution in [2.24, 2.45) is 0 Å². The van der Waals surface area contributed by atoms with E-state index in [0.717, 1.165) is 35.7 Å². The Balaban J connectivity index is 2.16. The topological polar surface area (TPSA) is 39.9 Å². The first kappa shape index (κ1) is 13.4. The Labute approximate surface area is 123 Å². The monoisotopic (exact) mass is 291 g/mol. The summed E-state index contributed by atoms with van der Waals surface area (Å²) < 4.78 is 7.97. The van der Waals surface area contributed by atoms with E-state index >= 15 is 0 Å². The molecule has 0 radical (unpaired) electrons. The molecule has 0 fully saturated rings. The molecule has 0 aliphatic carbocycles. The van der Waals surface area contributed by atoms with Crippen molar-refractivity contribution in [1.29, 1.82) is 0 Å². The molecule has 0 saturated carbocycles. The van der Waals surface area contributed by atoms with Crippen molar-refractivity contribution in [1.82, 2.24) is 14.8 Å². The molecule has 2 aromatic rings. The number of halogens is 1. The van der Waals surface area contributed by atoms with Crippen molar-refractivity contribution in [3.63, 3.8) is 0 Å². The van der Waals surface area contributed by atoms with Crippen LogP contribution in [0.3, 0.4) is 0 Å². The van der Waals surface area contributed by atoms with Gasteiger partial charge in [0.25, 0.3) is 0 Å². The Bertz CT molecular complexity index is 636. The van der Waals surface area contributed by atoms with Gasteiger partial charge in [0, 0.05) is 36.5 Å². The first-order valence-electron chi connectivity index (χ1n) is 6.94. The second kappa shape index (κ2) is 5.09. The van der Waals surface area contributed by atoms with Crippen LogP contribution in [0.2, 0.25) is 5.02 Å². The lowest BCUT2D eigenvalue weighted by Crippen LogP contribution is -2.23. The average Bonchev–Trinajstić information content (AvgIpc) is 2.77. The van der Waals surface area contributed by atoms with Crippen LogP contribution in [0.1, 0.15) is 38.7 Å². The molecule has 2 aromatic heterocycles. The van der Waals surface area contributed by atoms with Gasteiger partial charge in [-0.3, -0.25) is 4.98 Å². The minimum atomic E-state index is 0.238. The maximum Gasteiger partial charge on any atom is 0.216 e. The van der Waals surface area contributed by atoms with E-state index < -0.39 is 0 Å². The number of rotatable bonds is 2. The van der Waals surface area contributed by atoms with Gasteiger partial charge in [-0.05, 0) is 18.9 Å². The maximum absolute atomic E-state index is 6.05. The lowest BCUT2D eigenvalue weighted by molar-refractivity contribution is 0.147. The molecule has 4 nitrogen and oxygen atoms in total. The third-order valence-corrected chi connectivity index (χ3v) is 3.76. The Morgan fingerprint density at radius 3 is 2.90 bits per heavy atom. The molecule has 1 atom stereocenters. The Kier molecular flexibility index (Phi) is 3.42. The summed E-state index contributed by atoms with van der Waals surface area (Å²) in [5.74, 6) is 1.23. The van der Waals surface area contributed by atoms with Crippen LogP contribution in [0.25, 0.3) is 11.3 Å². The van der Waals surface area contributed by atoms with Crippen LogP contribution in [-0.4, -0.2) is 20.9 Å². The summed E-state index contributed by atoms with van der Waals surface area (Å²) in [5, 5.41) is 5.33. The van der Waals surface area contributed by atoms with E-state index in [-0.39, 0.29) is 6.10 Å². The summed E-state index contributed by atoms with van der Waals surface area (Å²) in [4.78, 5) is 4.16. The minimum Gasteiger partial charge on any atom is -0.475 e. The molecule has 0 saturated heterocycles. The Hall–Kier alpha value is -1.55. The highest BCUT2D eigenvalue weighted by molar-refractivity contribution is 6.30. The largest absolute Gasteiger partial charge is 0.475 e. The van der Waals surface area contributed by atoms with E-state index in [1.807, 2.05) is 10.7 Å². The van der Waals surface area contributed by atoms with Crippen LogP contribution in [0.5, 0.6) is 5.88 Å². The molecule has 106 valence electrons. The zero-order chi connectivity index (χ0) is 14.3. The van der Waals surface area contributed by atoms with E-state index in [4.69, 9.17) is 21.4 Å². The van der Waals surface area contributed by atoms with Crippen molar-refractivity contribution in [3.05, 3.63) is 29.0 Å². The number of nitrogens with zero attached hydrogens (tertiary/aromatic N) is 3. The molecule has 0 amide bonds. The van der Waals surface area contributed by atoms with Gasteiger partial charge in [-0.2, -0.15) is 5.10 Å². The van der Waals surface area contributed by atoms with Crippen LogP contribution < -0.4 is 4.74 Å². The predicted molar refractivity (Wildman–Crippen MR) is 79.3 cm³/mol. The molecule has 5 heteroatoms. The van der Waals surface area contributed by atoms with Crippen molar-refractivity contribution in [2.45, 2.75) is 45.8 Å². The molecular formula is C15H18ClN3O. The number of aromatic nitrogens is 3. The number of hydrogen-bond donors (Lipinski definition) is 0. The van der Waals surface area contributed by atoms with Gasteiger partial charge >= 0.3 is 0 Å². The second-order valence-electron chi connectivity index (χ2n) is 5.55. The molecule has 20 heavy (non-hydrogen) atoms. The van der Waals surface area contributed by atoms with Gasteiger partial charge in [-0.25, -0.2) is 4.68 Å². The summed E-state index contributed by atoms with van der Waals surface area (Å²) in [7, 11) is 0. The van der Waals surface area contributed by atoms with Crippen molar-refractivity contribution in [3.8, 4) is 17.1 Å². The third-order valence-electron chi connectivity index (χ3n) is 3.56. The van der Waals surface area contributed by atoms with Crippen molar-refractivity contribution >= 4 is 11.6 Å². The van der Waals surface area contributed by atoms with Crippen LogP contribution in [0.15, 0.2) is 18.5 Å². The second-order valence-corrected chi connectivity index (χ2v) is 5.99. The molecule has 0 aromatic carbocycles. The molecular weight excluding hydrogens is 274 g/mol. The Morgan fingerprint density at radius 2 is 2.20 bits per heavy atom. The first-order valence-corrected chi connectivity index (χ1v) is 7.32. The predicted octanol–water partition coefficient (Wildman–Crippen LogP) is 3.89. The van der Waals surface area contributed by atoms with Crippen molar-refractivity contribution < 1.29 is 4.74 Å². The highest BCUT2D eigenvalue weighted by Gasteiger charge is 2.27. The fourth-order valence-electron chi connectivity index (χ4n) is 2.56. The molecule has 1 aliphatic heterocycles. The van der Waals surface area contributed by atoms with E-state index in [1.165, 1.54) is 0 Å². The Morgan fingerprint density at radius 1 is 1.40 bits per heavy atom. The van der Waals surface area contributed by atoms with Gasteiger partial charge < -0.3 is 4.74 Å². The highest BCUT2D eigenvalue weighted by atomic mass is 35.5.